The lowest BCUT2D eigenvalue weighted by Gasteiger charge is -2.36. The maximum Gasteiger partial charge on any atom is 0.184 e. The minimum Gasteiger partial charge on any atom is -0.391 e. The SMILES string of the molecule is OC[C@@H]1[C@@H](O)[C@H](O)C[S+]1C[C@@H](O)[C@H]1OC(c2ccncc2)OC[C@H]1O. The number of hydrogen-bond acceptors (Lipinski definition) is 8. The molecule has 0 saturated carbocycles. The molecule has 2 saturated heterocycles. The molecular formula is C16H24NO7S+. The molecule has 5 N–H and O–H groups in total. The highest BCUT2D eigenvalue weighted by molar-refractivity contribution is 7.97. The molecule has 0 radical (unpaired) electrons. The van der Waals surface area contributed by atoms with Crippen LogP contribution in [0, 0.1) is 0 Å². The van der Waals surface area contributed by atoms with Crippen molar-refractivity contribution in [2.24, 2.45) is 0 Å². The molecule has 140 valence electrons. The van der Waals surface area contributed by atoms with Crippen molar-refractivity contribution in [1.82, 2.24) is 4.98 Å². The maximum absolute atomic E-state index is 10.6. The number of nitrogens with zero attached hydrogens (tertiary/aromatic N) is 1. The number of aromatic nitrogens is 1. The second kappa shape index (κ2) is 8.28. The average Bonchev–Trinajstić information content (AvgIpc) is 2.89. The molecule has 2 aliphatic rings. The molecule has 2 unspecified atom stereocenters. The van der Waals surface area contributed by atoms with Crippen LogP contribution in [0.25, 0.3) is 0 Å². The van der Waals surface area contributed by atoms with Crippen LogP contribution in [0.3, 0.4) is 0 Å². The normalized spacial score (nSPS) is 40.1. The lowest BCUT2D eigenvalue weighted by Crippen LogP contribution is -2.50. The van der Waals surface area contributed by atoms with E-state index >= 15 is 0 Å². The molecule has 0 aromatic carbocycles. The molecule has 9 heteroatoms. The van der Waals surface area contributed by atoms with Gasteiger partial charge in [-0.25, -0.2) is 0 Å². The Bertz CT molecular complexity index is 551. The van der Waals surface area contributed by atoms with Gasteiger partial charge in [-0.15, -0.1) is 0 Å². The summed E-state index contributed by atoms with van der Waals surface area (Å²) in [4.78, 5) is 3.93. The van der Waals surface area contributed by atoms with E-state index in [1.165, 1.54) is 0 Å². The van der Waals surface area contributed by atoms with Crippen LogP contribution >= 0.6 is 0 Å². The summed E-state index contributed by atoms with van der Waals surface area (Å²) in [5.41, 5.74) is 0.737. The van der Waals surface area contributed by atoms with Crippen LogP contribution in [0.5, 0.6) is 0 Å². The highest BCUT2D eigenvalue weighted by Gasteiger charge is 2.51. The molecule has 0 spiro atoms. The largest absolute Gasteiger partial charge is 0.391 e. The van der Waals surface area contributed by atoms with E-state index in [0.717, 1.165) is 5.56 Å². The first-order valence-electron chi connectivity index (χ1n) is 8.17. The van der Waals surface area contributed by atoms with Gasteiger partial charge >= 0.3 is 0 Å². The fraction of sp³-hybridized carbons (Fsp3) is 0.688. The second-order valence-corrected chi connectivity index (χ2v) is 8.68. The van der Waals surface area contributed by atoms with Crippen molar-refractivity contribution in [3.8, 4) is 0 Å². The van der Waals surface area contributed by atoms with Crippen LogP contribution in [0.2, 0.25) is 0 Å². The topological polar surface area (TPSA) is 132 Å². The Hall–Kier alpha value is -0.780. The van der Waals surface area contributed by atoms with Gasteiger partial charge in [0.15, 0.2) is 11.5 Å². The van der Waals surface area contributed by atoms with Crippen molar-refractivity contribution in [2.45, 2.75) is 42.1 Å². The fourth-order valence-corrected chi connectivity index (χ4v) is 5.88. The van der Waals surface area contributed by atoms with E-state index in [9.17, 15) is 25.5 Å². The lowest BCUT2D eigenvalue weighted by atomic mass is 10.1. The summed E-state index contributed by atoms with van der Waals surface area (Å²) < 4.78 is 11.2. The summed E-state index contributed by atoms with van der Waals surface area (Å²) >= 11 is 0. The molecule has 8 nitrogen and oxygen atoms in total. The summed E-state index contributed by atoms with van der Waals surface area (Å²) in [6.45, 7) is -0.234. The van der Waals surface area contributed by atoms with Crippen molar-refractivity contribution >= 4 is 10.9 Å². The average molecular weight is 374 g/mol. The Labute approximate surface area is 148 Å². The van der Waals surface area contributed by atoms with Crippen LogP contribution in [-0.2, 0) is 20.4 Å². The summed E-state index contributed by atoms with van der Waals surface area (Å²) in [6, 6.07) is 3.47. The predicted octanol–water partition coefficient (Wildman–Crippen LogP) is -2.07. The van der Waals surface area contributed by atoms with Crippen LogP contribution in [-0.4, -0.2) is 91.0 Å². The van der Waals surface area contributed by atoms with E-state index in [0.29, 0.717) is 5.75 Å². The molecule has 1 aromatic rings. The molecule has 0 aliphatic carbocycles. The monoisotopic (exact) mass is 374 g/mol. The number of aliphatic hydroxyl groups is 5. The van der Waals surface area contributed by atoms with Gasteiger partial charge in [0, 0.05) is 28.9 Å². The zero-order valence-electron chi connectivity index (χ0n) is 13.6. The molecule has 2 fully saturated rings. The van der Waals surface area contributed by atoms with Gasteiger partial charge in [-0.2, -0.15) is 0 Å². The van der Waals surface area contributed by atoms with E-state index in [2.05, 4.69) is 4.98 Å². The number of pyridine rings is 1. The van der Waals surface area contributed by atoms with E-state index in [-0.39, 0.29) is 19.0 Å². The summed E-state index contributed by atoms with van der Waals surface area (Å²) in [7, 11) is -0.570. The first-order chi connectivity index (χ1) is 12.0. The van der Waals surface area contributed by atoms with Crippen molar-refractivity contribution in [3.05, 3.63) is 30.1 Å². The van der Waals surface area contributed by atoms with Gasteiger partial charge in [0.2, 0.25) is 0 Å². The minimum absolute atomic E-state index is 0.0250. The standard InChI is InChI=1S/C16H24NO7S/c18-5-13-14(22)11(20)7-25(13)8-12(21)15-10(19)6-23-16(24-15)9-1-3-17-4-2-9/h1-4,10-16,18-22H,5-8H2/q+1/t10-,11-,12-,13-,14+,15+,16?,25?/m1/s1. The Morgan fingerprint density at radius 1 is 1.20 bits per heavy atom. The molecule has 0 amide bonds. The number of hydrogen-bond donors (Lipinski definition) is 5. The zero-order chi connectivity index (χ0) is 18.0. The number of rotatable bonds is 5. The first-order valence-corrected chi connectivity index (χ1v) is 9.80. The van der Waals surface area contributed by atoms with Crippen LogP contribution in [0.15, 0.2) is 24.5 Å². The van der Waals surface area contributed by atoms with Gasteiger partial charge < -0.3 is 35.0 Å². The van der Waals surface area contributed by atoms with E-state index < -0.39 is 53.0 Å². The third-order valence-electron chi connectivity index (χ3n) is 4.59. The molecule has 8 atom stereocenters. The van der Waals surface area contributed by atoms with E-state index in [1.54, 1.807) is 24.5 Å². The molecule has 25 heavy (non-hydrogen) atoms. The van der Waals surface area contributed by atoms with Gasteiger partial charge in [0.1, 0.15) is 42.0 Å². The van der Waals surface area contributed by atoms with Crippen LogP contribution in [0.4, 0.5) is 0 Å². The highest BCUT2D eigenvalue weighted by Crippen LogP contribution is 2.30. The molecule has 0 bridgehead atoms. The smallest absolute Gasteiger partial charge is 0.184 e. The molecule has 3 rings (SSSR count). The fourth-order valence-electron chi connectivity index (χ4n) is 3.20. The highest BCUT2D eigenvalue weighted by atomic mass is 32.2. The van der Waals surface area contributed by atoms with Crippen molar-refractivity contribution in [3.63, 3.8) is 0 Å². The summed E-state index contributed by atoms with van der Waals surface area (Å²) in [6.07, 6.45) is -2.24. The van der Waals surface area contributed by atoms with Crippen molar-refractivity contribution in [2.75, 3.05) is 24.7 Å². The lowest BCUT2D eigenvalue weighted by molar-refractivity contribution is -0.273. The van der Waals surface area contributed by atoms with Gasteiger partial charge in [0.25, 0.3) is 0 Å². The van der Waals surface area contributed by atoms with Gasteiger partial charge in [0.05, 0.1) is 13.2 Å². The van der Waals surface area contributed by atoms with Crippen LogP contribution < -0.4 is 0 Å². The molecule has 1 aromatic heterocycles. The van der Waals surface area contributed by atoms with Crippen molar-refractivity contribution in [1.29, 1.82) is 0 Å². The van der Waals surface area contributed by atoms with E-state index in [4.69, 9.17) is 9.47 Å². The predicted molar refractivity (Wildman–Crippen MR) is 89.8 cm³/mol. The van der Waals surface area contributed by atoms with Crippen LogP contribution in [0.1, 0.15) is 11.9 Å². The third kappa shape index (κ3) is 4.15. The second-order valence-electron chi connectivity index (χ2n) is 6.33. The zero-order valence-corrected chi connectivity index (χ0v) is 14.4. The Kier molecular flexibility index (Phi) is 6.29. The Morgan fingerprint density at radius 3 is 2.60 bits per heavy atom. The first kappa shape index (κ1) is 19.0. The summed E-state index contributed by atoms with van der Waals surface area (Å²) in [5, 5.41) is 49.4. The van der Waals surface area contributed by atoms with Gasteiger partial charge in [-0.05, 0) is 12.1 Å². The molecular weight excluding hydrogens is 350 g/mol. The van der Waals surface area contributed by atoms with Gasteiger partial charge in [-0.1, -0.05) is 0 Å². The number of aliphatic hydroxyl groups excluding tert-OH is 5. The van der Waals surface area contributed by atoms with Gasteiger partial charge in [-0.3, -0.25) is 4.98 Å². The minimum atomic E-state index is -1.00. The Balaban J connectivity index is 1.65. The van der Waals surface area contributed by atoms with E-state index in [1.807, 2.05) is 0 Å². The molecule has 3 heterocycles. The third-order valence-corrected chi connectivity index (χ3v) is 7.41. The Morgan fingerprint density at radius 2 is 1.92 bits per heavy atom. The summed E-state index contributed by atoms with van der Waals surface area (Å²) in [5.74, 6) is 0.542. The van der Waals surface area contributed by atoms with Crippen molar-refractivity contribution < 1.29 is 35.0 Å². The maximum atomic E-state index is 10.6. The molecule has 2 aliphatic heterocycles. The quantitative estimate of drug-likeness (QED) is 0.372. The number of ether oxygens (including phenoxy) is 2.